The van der Waals surface area contributed by atoms with Crippen LogP contribution in [0, 0.1) is 5.82 Å². The molecule has 0 atom stereocenters. The highest BCUT2D eigenvalue weighted by Crippen LogP contribution is 2.25. The molecule has 2 heterocycles. The Balaban J connectivity index is 2.04. The number of halogens is 2. The monoisotopic (exact) mass is 335 g/mol. The molecule has 0 radical (unpaired) electrons. The first-order valence-corrected chi connectivity index (χ1v) is 6.30. The summed E-state index contributed by atoms with van der Waals surface area (Å²) in [6.07, 6.45) is 2.92. The molecule has 0 aliphatic carbocycles. The van der Waals surface area contributed by atoms with Crippen molar-refractivity contribution < 1.29 is 8.91 Å². The third-order valence-corrected chi connectivity index (χ3v) is 2.93. The van der Waals surface area contributed by atoms with E-state index in [1.165, 1.54) is 24.5 Å². The van der Waals surface area contributed by atoms with Crippen molar-refractivity contribution in [1.82, 2.24) is 20.1 Å². The normalized spacial score (nSPS) is 10.7. The van der Waals surface area contributed by atoms with Crippen LogP contribution in [0.1, 0.15) is 0 Å². The molecule has 0 amide bonds. The Labute approximate surface area is 121 Å². The van der Waals surface area contributed by atoms with Gasteiger partial charge >= 0.3 is 0 Å². The van der Waals surface area contributed by atoms with E-state index in [4.69, 9.17) is 10.3 Å². The van der Waals surface area contributed by atoms with Crippen molar-refractivity contribution in [2.75, 3.05) is 5.73 Å². The number of hydrogen-bond donors (Lipinski definition) is 1. The largest absolute Gasteiger partial charge is 0.382 e. The molecule has 0 saturated heterocycles. The first kappa shape index (κ1) is 12.7. The lowest BCUT2D eigenvalue weighted by Crippen LogP contribution is -1.96. The van der Waals surface area contributed by atoms with Gasteiger partial charge < -0.3 is 10.3 Å². The fraction of sp³-hybridized carbons (Fsp3) is 0. The lowest BCUT2D eigenvalue weighted by atomic mass is 10.2. The molecule has 1 aromatic carbocycles. The average Bonchev–Trinajstić information content (AvgIpc) is 2.87. The van der Waals surface area contributed by atoms with Gasteiger partial charge in [-0.3, -0.25) is 0 Å². The number of hydrogen-bond acceptors (Lipinski definition) is 6. The van der Waals surface area contributed by atoms with E-state index in [0.717, 1.165) is 0 Å². The topological polar surface area (TPSA) is 90.7 Å². The Hall–Kier alpha value is -2.35. The fourth-order valence-electron chi connectivity index (χ4n) is 1.63. The Morgan fingerprint density at radius 1 is 1.15 bits per heavy atom. The zero-order valence-corrected chi connectivity index (χ0v) is 11.5. The molecular formula is C12H7BrFN5O. The summed E-state index contributed by atoms with van der Waals surface area (Å²) in [4.78, 5) is 12.1. The van der Waals surface area contributed by atoms with E-state index in [1.807, 2.05) is 0 Å². The second-order valence-electron chi connectivity index (χ2n) is 3.87. The van der Waals surface area contributed by atoms with Crippen LogP contribution in [0.5, 0.6) is 0 Å². The van der Waals surface area contributed by atoms with Gasteiger partial charge in [-0.2, -0.15) is 4.98 Å². The second-order valence-corrected chi connectivity index (χ2v) is 4.79. The lowest BCUT2D eigenvalue weighted by molar-refractivity contribution is 0.431. The maximum absolute atomic E-state index is 13.3. The van der Waals surface area contributed by atoms with Crippen LogP contribution >= 0.6 is 15.9 Å². The summed E-state index contributed by atoms with van der Waals surface area (Å²) in [5.41, 5.74) is 6.45. The molecule has 20 heavy (non-hydrogen) atoms. The van der Waals surface area contributed by atoms with Gasteiger partial charge in [0, 0.05) is 22.4 Å². The van der Waals surface area contributed by atoms with Gasteiger partial charge in [0.2, 0.25) is 5.82 Å². The fourth-order valence-corrected chi connectivity index (χ4v) is 2.10. The zero-order chi connectivity index (χ0) is 14.1. The minimum Gasteiger partial charge on any atom is -0.382 e. The third-order valence-electron chi connectivity index (χ3n) is 2.48. The van der Waals surface area contributed by atoms with Gasteiger partial charge in [0.05, 0.1) is 0 Å². The van der Waals surface area contributed by atoms with E-state index >= 15 is 0 Å². The van der Waals surface area contributed by atoms with Gasteiger partial charge in [0.1, 0.15) is 5.82 Å². The van der Waals surface area contributed by atoms with E-state index < -0.39 is 5.82 Å². The predicted molar refractivity (Wildman–Crippen MR) is 72.8 cm³/mol. The summed E-state index contributed by atoms with van der Waals surface area (Å²) >= 11 is 3.21. The molecule has 0 spiro atoms. The van der Waals surface area contributed by atoms with E-state index in [-0.39, 0.29) is 17.5 Å². The molecule has 3 aromatic rings. The minimum atomic E-state index is -0.403. The summed E-state index contributed by atoms with van der Waals surface area (Å²) in [5.74, 6) is 0.152. The van der Waals surface area contributed by atoms with Gasteiger partial charge in [-0.25, -0.2) is 14.4 Å². The van der Waals surface area contributed by atoms with Crippen molar-refractivity contribution in [2.24, 2.45) is 0 Å². The summed E-state index contributed by atoms with van der Waals surface area (Å²) in [6, 6.07) is 4.32. The molecule has 0 fully saturated rings. The van der Waals surface area contributed by atoms with Crippen LogP contribution < -0.4 is 5.73 Å². The average molecular weight is 336 g/mol. The number of nitrogen functional groups attached to an aromatic ring is 1. The highest BCUT2D eigenvalue weighted by molar-refractivity contribution is 9.10. The van der Waals surface area contributed by atoms with Crippen molar-refractivity contribution in [3.05, 3.63) is 40.9 Å². The summed E-state index contributed by atoms with van der Waals surface area (Å²) in [5, 5.41) is 3.79. The van der Waals surface area contributed by atoms with Crippen LogP contribution in [0.15, 0.2) is 39.6 Å². The van der Waals surface area contributed by atoms with Crippen molar-refractivity contribution in [2.45, 2.75) is 0 Å². The van der Waals surface area contributed by atoms with Crippen molar-refractivity contribution >= 4 is 21.7 Å². The SMILES string of the molecule is Nc1nccnc1-c1nc(-c2cc(F)cc(Br)c2)no1. The van der Waals surface area contributed by atoms with Crippen LogP contribution in [-0.4, -0.2) is 20.1 Å². The number of benzene rings is 1. The summed E-state index contributed by atoms with van der Waals surface area (Å²) in [7, 11) is 0. The molecule has 0 bridgehead atoms. The van der Waals surface area contributed by atoms with Crippen LogP contribution in [0.25, 0.3) is 23.0 Å². The van der Waals surface area contributed by atoms with Crippen molar-refractivity contribution in [3.63, 3.8) is 0 Å². The molecule has 0 aliphatic heterocycles. The highest BCUT2D eigenvalue weighted by Gasteiger charge is 2.15. The van der Waals surface area contributed by atoms with Gasteiger partial charge in [-0.1, -0.05) is 21.1 Å². The van der Waals surface area contributed by atoms with E-state index in [1.54, 1.807) is 6.07 Å². The predicted octanol–water partition coefficient (Wildman–Crippen LogP) is 2.68. The van der Waals surface area contributed by atoms with Gasteiger partial charge in [-0.05, 0) is 18.2 Å². The van der Waals surface area contributed by atoms with E-state index in [2.05, 4.69) is 36.0 Å². The van der Waals surface area contributed by atoms with Crippen LogP contribution in [-0.2, 0) is 0 Å². The number of nitrogens with two attached hydrogens (primary N) is 1. The maximum Gasteiger partial charge on any atom is 0.280 e. The number of rotatable bonds is 2. The molecule has 3 rings (SSSR count). The highest BCUT2D eigenvalue weighted by atomic mass is 79.9. The Kier molecular flexibility index (Phi) is 3.15. The lowest BCUT2D eigenvalue weighted by Gasteiger charge is -1.97. The first-order chi connectivity index (χ1) is 9.63. The molecular weight excluding hydrogens is 329 g/mol. The quantitative estimate of drug-likeness (QED) is 0.774. The smallest absolute Gasteiger partial charge is 0.280 e. The molecule has 2 aromatic heterocycles. The molecule has 6 nitrogen and oxygen atoms in total. The summed E-state index contributed by atoms with van der Waals surface area (Å²) in [6.45, 7) is 0. The van der Waals surface area contributed by atoms with Crippen LogP contribution in [0.4, 0.5) is 10.2 Å². The number of anilines is 1. The molecule has 8 heteroatoms. The molecule has 0 saturated carbocycles. The number of aromatic nitrogens is 4. The molecule has 100 valence electrons. The Morgan fingerprint density at radius 2 is 1.95 bits per heavy atom. The third kappa shape index (κ3) is 2.37. The van der Waals surface area contributed by atoms with E-state index in [0.29, 0.717) is 15.7 Å². The molecule has 2 N–H and O–H groups in total. The molecule has 0 aliphatic rings. The van der Waals surface area contributed by atoms with Crippen LogP contribution in [0.2, 0.25) is 0 Å². The van der Waals surface area contributed by atoms with Crippen molar-refractivity contribution in [3.8, 4) is 23.0 Å². The van der Waals surface area contributed by atoms with Gasteiger partial charge in [-0.15, -0.1) is 0 Å². The van der Waals surface area contributed by atoms with Gasteiger partial charge in [0.25, 0.3) is 5.89 Å². The standard InChI is InChI=1S/C12H7BrFN5O/c13-7-3-6(4-8(14)5-7)11-18-12(20-19-11)9-10(15)17-2-1-16-9/h1-5H,(H2,15,17). The first-order valence-electron chi connectivity index (χ1n) is 5.50. The van der Waals surface area contributed by atoms with Crippen molar-refractivity contribution in [1.29, 1.82) is 0 Å². The second kappa shape index (κ2) is 4.97. The van der Waals surface area contributed by atoms with Gasteiger partial charge in [0.15, 0.2) is 11.5 Å². The Bertz CT molecular complexity index is 756. The maximum atomic E-state index is 13.3. The number of nitrogens with zero attached hydrogens (tertiary/aromatic N) is 4. The zero-order valence-electron chi connectivity index (χ0n) is 9.92. The van der Waals surface area contributed by atoms with Crippen LogP contribution in [0.3, 0.4) is 0 Å². The Morgan fingerprint density at radius 3 is 2.70 bits per heavy atom. The molecule has 0 unspecified atom stereocenters. The minimum absolute atomic E-state index is 0.131. The van der Waals surface area contributed by atoms with E-state index in [9.17, 15) is 4.39 Å². The summed E-state index contributed by atoms with van der Waals surface area (Å²) < 4.78 is 19.0.